The summed E-state index contributed by atoms with van der Waals surface area (Å²) in [4.78, 5) is 27.1. The van der Waals surface area contributed by atoms with Gasteiger partial charge in [0, 0.05) is 13.2 Å². The van der Waals surface area contributed by atoms with E-state index in [0.717, 1.165) is 38.7 Å². The number of β-lactam (4-membered cyclic amide) rings is 1. The zero-order valence-electron chi connectivity index (χ0n) is 27.1. The first-order chi connectivity index (χ1) is 21.4. The molecule has 1 aromatic rings. The molecule has 0 bridgehead atoms. The molecular weight excluding hydrogens is 572 g/mol. The third kappa shape index (κ3) is 12.4. The highest BCUT2D eigenvalue weighted by Gasteiger charge is 2.62. The molecule has 3 unspecified atom stereocenters. The Hall–Kier alpha value is -2.55. The van der Waals surface area contributed by atoms with Gasteiger partial charge >= 0.3 is 0 Å². The monoisotopic (exact) mass is 626 g/mol. The molecule has 2 fully saturated rings. The van der Waals surface area contributed by atoms with E-state index in [9.17, 15) is 9.59 Å². The number of allylic oxidation sites excluding steroid dienone is 6. The number of benzene rings is 1. The number of hydrogen-bond acceptors (Lipinski definition) is 6. The summed E-state index contributed by atoms with van der Waals surface area (Å²) in [7, 11) is 0. The molecule has 0 aromatic heterocycles. The van der Waals surface area contributed by atoms with Crippen LogP contribution in [-0.4, -0.2) is 65.5 Å². The summed E-state index contributed by atoms with van der Waals surface area (Å²) < 4.78 is 17.2. The molecule has 2 heterocycles. The smallest absolute Gasteiger partial charge is 0.258 e. The molecule has 244 valence electrons. The Bertz CT molecular complexity index is 1060. The molecule has 2 saturated heterocycles. The molecule has 1 N–H and O–H groups in total. The molecule has 44 heavy (non-hydrogen) atoms. The lowest BCUT2D eigenvalue weighted by molar-refractivity contribution is -0.169. The van der Waals surface area contributed by atoms with Crippen molar-refractivity contribution in [1.82, 2.24) is 10.2 Å². The number of hydrogen-bond donors (Lipinski definition) is 1. The highest BCUT2D eigenvalue weighted by Crippen LogP contribution is 2.51. The first-order valence-electron chi connectivity index (χ1n) is 16.6. The van der Waals surface area contributed by atoms with Crippen LogP contribution in [0, 0.1) is 0 Å². The Morgan fingerprint density at radius 2 is 1.55 bits per heavy atom. The summed E-state index contributed by atoms with van der Waals surface area (Å²) in [6, 6.07) is 8.62. The van der Waals surface area contributed by atoms with Crippen molar-refractivity contribution >= 4 is 23.6 Å². The largest absolute Gasteiger partial charge is 0.484 e. The van der Waals surface area contributed by atoms with Gasteiger partial charge < -0.3 is 19.5 Å². The average Bonchev–Trinajstić information content (AvgIpc) is 3.26. The summed E-state index contributed by atoms with van der Waals surface area (Å²) >= 11 is 1.67. The summed E-state index contributed by atoms with van der Waals surface area (Å²) in [5, 5.41) is 2.71. The molecule has 0 aliphatic carbocycles. The second-order valence-corrected chi connectivity index (χ2v) is 13.7. The van der Waals surface area contributed by atoms with Crippen LogP contribution in [0.25, 0.3) is 0 Å². The predicted octanol–water partition coefficient (Wildman–Crippen LogP) is 7.58. The van der Waals surface area contributed by atoms with Crippen LogP contribution in [0.4, 0.5) is 0 Å². The maximum atomic E-state index is 12.9. The number of carbonyl (C=O) groups excluding carboxylic acids is 2. The van der Waals surface area contributed by atoms with E-state index >= 15 is 0 Å². The van der Waals surface area contributed by atoms with Crippen LogP contribution in [-0.2, 0) is 19.1 Å². The summed E-state index contributed by atoms with van der Waals surface area (Å²) in [6.45, 7) is 8.24. The van der Waals surface area contributed by atoms with Gasteiger partial charge in [-0.3, -0.25) is 14.5 Å². The first-order valence-corrected chi connectivity index (χ1v) is 17.4. The number of para-hydroxylation sites is 1. The Labute approximate surface area is 269 Å². The number of carbonyl (C=O) groups is 2. The van der Waals surface area contributed by atoms with E-state index < -0.39 is 6.04 Å². The van der Waals surface area contributed by atoms with Crippen molar-refractivity contribution in [2.75, 3.05) is 26.4 Å². The van der Waals surface area contributed by atoms with Crippen molar-refractivity contribution in [1.29, 1.82) is 0 Å². The molecule has 3 atom stereocenters. The minimum atomic E-state index is -0.548. The molecule has 0 spiro atoms. The fraction of sp³-hybridized carbons (Fsp3) is 0.611. The lowest BCUT2D eigenvalue weighted by Gasteiger charge is -2.44. The standard InChI is InChI=1S/C36H54N2O5S/c1-4-5-6-7-8-9-10-11-12-13-14-15-16-17-18-22-26-41-27-23-28-42-35-36(2,3)44-34-32(33(40)38(34)35)37-31(39)29-43-30-24-20-19-21-25-30/h8-9,11-12,14-15,19-21,24-25,32,34-35H,4-7,10,13,16-18,22-23,26-29H2,1-3H3,(H,37,39)/b9-8-,12-11-,15-14-. The van der Waals surface area contributed by atoms with Crippen molar-refractivity contribution < 1.29 is 23.8 Å². The van der Waals surface area contributed by atoms with E-state index in [1.54, 1.807) is 28.8 Å². The number of amides is 2. The van der Waals surface area contributed by atoms with E-state index in [1.807, 2.05) is 18.2 Å². The highest BCUT2D eigenvalue weighted by atomic mass is 32.2. The Balaban J connectivity index is 1.17. The summed E-state index contributed by atoms with van der Waals surface area (Å²) in [5.41, 5.74) is 0. The van der Waals surface area contributed by atoms with E-state index in [2.05, 4.69) is 62.5 Å². The van der Waals surface area contributed by atoms with E-state index in [0.29, 0.717) is 19.0 Å². The number of fused-ring (bicyclic) bond motifs is 1. The van der Waals surface area contributed by atoms with E-state index in [4.69, 9.17) is 14.2 Å². The zero-order chi connectivity index (χ0) is 31.5. The number of rotatable bonds is 23. The Morgan fingerprint density at radius 1 is 0.886 bits per heavy atom. The first kappa shape index (κ1) is 35.9. The quantitative estimate of drug-likeness (QED) is 0.0767. The van der Waals surface area contributed by atoms with Crippen molar-refractivity contribution in [3.63, 3.8) is 0 Å². The minimum absolute atomic E-state index is 0.102. The molecule has 2 aliphatic rings. The van der Waals surface area contributed by atoms with Gasteiger partial charge in [0.05, 0.1) is 11.4 Å². The molecule has 2 amide bonds. The van der Waals surface area contributed by atoms with E-state index in [1.165, 1.54) is 38.5 Å². The third-order valence-corrected chi connectivity index (χ3v) is 9.22. The van der Waals surface area contributed by atoms with Crippen LogP contribution in [0.2, 0.25) is 0 Å². The summed E-state index contributed by atoms with van der Waals surface area (Å²) in [5.74, 6) is 0.217. The molecule has 3 rings (SSSR count). The number of thioether (sulfide) groups is 1. The fourth-order valence-electron chi connectivity index (χ4n) is 5.25. The van der Waals surface area contributed by atoms with Gasteiger partial charge in [0.1, 0.15) is 23.4 Å². The number of ether oxygens (including phenoxy) is 3. The van der Waals surface area contributed by atoms with Gasteiger partial charge in [0.2, 0.25) is 0 Å². The zero-order valence-corrected chi connectivity index (χ0v) is 27.9. The maximum absolute atomic E-state index is 12.9. The van der Waals surface area contributed by atoms with Crippen molar-refractivity contribution in [2.24, 2.45) is 0 Å². The number of unbranched alkanes of at least 4 members (excludes halogenated alkanes) is 6. The van der Waals surface area contributed by atoms with Crippen molar-refractivity contribution in [2.45, 2.75) is 114 Å². The van der Waals surface area contributed by atoms with Gasteiger partial charge in [-0.1, -0.05) is 80.8 Å². The second kappa shape index (κ2) is 20.5. The molecule has 2 aliphatic heterocycles. The Kier molecular flexibility index (Phi) is 16.7. The van der Waals surface area contributed by atoms with Gasteiger partial charge in [-0.05, 0) is 77.3 Å². The fourth-order valence-corrected chi connectivity index (χ4v) is 6.82. The van der Waals surface area contributed by atoms with Gasteiger partial charge in [0.15, 0.2) is 6.61 Å². The van der Waals surface area contributed by atoms with Crippen LogP contribution in [0.5, 0.6) is 5.75 Å². The van der Waals surface area contributed by atoms with Crippen LogP contribution >= 0.6 is 11.8 Å². The van der Waals surface area contributed by atoms with Gasteiger partial charge in [-0.15, -0.1) is 11.8 Å². The molecule has 1 aromatic carbocycles. The van der Waals surface area contributed by atoms with Crippen LogP contribution in [0.1, 0.15) is 91.4 Å². The molecule has 0 radical (unpaired) electrons. The Morgan fingerprint density at radius 3 is 2.25 bits per heavy atom. The molecular formula is C36H54N2O5S. The summed E-state index contributed by atoms with van der Waals surface area (Å²) in [6.07, 6.45) is 25.8. The maximum Gasteiger partial charge on any atom is 0.258 e. The van der Waals surface area contributed by atoms with Crippen molar-refractivity contribution in [3.05, 3.63) is 66.8 Å². The topological polar surface area (TPSA) is 77.1 Å². The van der Waals surface area contributed by atoms with Gasteiger partial charge in [-0.2, -0.15) is 0 Å². The van der Waals surface area contributed by atoms with Crippen LogP contribution in [0.3, 0.4) is 0 Å². The highest BCUT2D eigenvalue weighted by molar-refractivity contribution is 8.01. The average molecular weight is 627 g/mol. The third-order valence-electron chi connectivity index (χ3n) is 7.67. The normalized spacial score (nSPS) is 20.9. The van der Waals surface area contributed by atoms with Crippen molar-refractivity contribution in [3.8, 4) is 5.75 Å². The van der Waals surface area contributed by atoms with Crippen LogP contribution in [0.15, 0.2) is 66.8 Å². The predicted molar refractivity (Wildman–Crippen MR) is 181 cm³/mol. The molecule has 8 heteroatoms. The SMILES string of the molecule is CCCCC/C=C\C/C=C\C/C=C\CCCCCOCCCOC1N2C(=O)C(NC(=O)COc3ccccc3)C2SC1(C)C. The second-order valence-electron chi connectivity index (χ2n) is 11.9. The van der Waals surface area contributed by atoms with Crippen LogP contribution < -0.4 is 10.1 Å². The van der Waals surface area contributed by atoms with Gasteiger partial charge in [0.25, 0.3) is 11.8 Å². The lowest BCUT2D eigenvalue weighted by atomic mass is 10.0. The molecule has 0 saturated carbocycles. The van der Waals surface area contributed by atoms with E-state index in [-0.39, 0.29) is 34.8 Å². The number of nitrogens with zero attached hydrogens (tertiary/aromatic N) is 1. The molecule has 7 nitrogen and oxygen atoms in total. The number of nitrogens with one attached hydrogen (secondary N) is 1. The van der Waals surface area contributed by atoms with Gasteiger partial charge in [-0.25, -0.2) is 0 Å². The lowest BCUT2D eigenvalue weighted by Crippen LogP contribution is -2.70. The minimum Gasteiger partial charge on any atom is -0.484 e.